The van der Waals surface area contributed by atoms with E-state index in [0.29, 0.717) is 50.6 Å². The molecule has 0 aliphatic carbocycles. The average molecular weight is 454 g/mol. The van der Waals surface area contributed by atoms with Crippen molar-refractivity contribution in [1.82, 2.24) is 14.7 Å². The highest BCUT2D eigenvalue weighted by Gasteiger charge is 2.49. The molecule has 4 heterocycles. The fraction of sp³-hybridized carbons (Fsp3) is 0.704. The third kappa shape index (κ3) is 4.83. The lowest BCUT2D eigenvalue weighted by Crippen LogP contribution is -2.65. The maximum atomic E-state index is 13.8. The maximum Gasteiger partial charge on any atom is 0.254 e. The van der Waals surface area contributed by atoms with Crippen molar-refractivity contribution in [2.45, 2.75) is 64.0 Å². The number of carbonyl (C=O) groups excluding carboxylic acids is 2. The monoisotopic (exact) mass is 453 g/mol. The van der Waals surface area contributed by atoms with Crippen LogP contribution in [0.1, 0.15) is 60.9 Å². The Morgan fingerprint density at radius 3 is 2.64 bits per heavy atom. The summed E-state index contributed by atoms with van der Waals surface area (Å²) >= 11 is 0. The molecule has 2 amide bonds. The third-order valence-corrected chi connectivity index (χ3v) is 8.45. The van der Waals surface area contributed by atoms with Gasteiger partial charge in [0.05, 0.1) is 13.2 Å². The second-order valence-corrected chi connectivity index (χ2v) is 10.5. The number of aryl methyl sites for hydroxylation is 1. The van der Waals surface area contributed by atoms with Crippen LogP contribution in [0.2, 0.25) is 0 Å². The zero-order valence-corrected chi connectivity index (χ0v) is 20.1. The number of morpholine rings is 1. The molecule has 1 aromatic rings. The van der Waals surface area contributed by atoms with Gasteiger partial charge in [-0.15, -0.1) is 0 Å². The Kier molecular flexibility index (Phi) is 7.02. The fourth-order valence-electron chi connectivity index (χ4n) is 6.98. The van der Waals surface area contributed by atoms with E-state index in [-0.39, 0.29) is 17.9 Å². The van der Waals surface area contributed by atoms with Crippen LogP contribution in [0.5, 0.6) is 0 Å². The van der Waals surface area contributed by atoms with E-state index in [1.54, 1.807) is 0 Å². The van der Waals surface area contributed by atoms with Gasteiger partial charge in [0.25, 0.3) is 5.91 Å². The first-order valence-electron chi connectivity index (χ1n) is 13.1. The number of hydrogen-bond donors (Lipinski definition) is 0. The minimum Gasteiger partial charge on any atom is -0.378 e. The van der Waals surface area contributed by atoms with Crippen LogP contribution in [0, 0.1) is 18.8 Å². The van der Waals surface area contributed by atoms with Crippen molar-refractivity contribution in [2.75, 3.05) is 45.9 Å². The van der Waals surface area contributed by atoms with Crippen LogP contribution >= 0.6 is 0 Å². The molecule has 0 N–H and O–H groups in total. The Bertz CT molecular complexity index is 851. The smallest absolute Gasteiger partial charge is 0.254 e. The number of nitrogens with zero attached hydrogens (tertiary/aromatic N) is 3. The summed E-state index contributed by atoms with van der Waals surface area (Å²) in [5.74, 6) is 1.55. The van der Waals surface area contributed by atoms with Gasteiger partial charge in [-0.3, -0.25) is 14.5 Å². The highest BCUT2D eigenvalue weighted by Crippen LogP contribution is 2.43. The van der Waals surface area contributed by atoms with Crippen molar-refractivity contribution < 1.29 is 14.3 Å². The second-order valence-electron chi connectivity index (χ2n) is 10.5. The number of piperidine rings is 3. The van der Waals surface area contributed by atoms with Crippen LogP contribution in [0.25, 0.3) is 0 Å². The lowest BCUT2D eigenvalue weighted by molar-refractivity contribution is -0.135. The van der Waals surface area contributed by atoms with Crippen LogP contribution in [-0.4, -0.2) is 84.5 Å². The van der Waals surface area contributed by atoms with E-state index in [1.807, 2.05) is 23.1 Å². The van der Waals surface area contributed by atoms with Gasteiger partial charge in [0.1, 0.15) is 0 Å². The topological polar surface area (TPSA) is 53.1 Å². The number of rotatable bonds is 5. The van der Waals surface area contributed by atoms with Gasteiger partial charge in [-0.1, -0.05) is 17.7 Å². The van der Waals surface area contributed by atoms with E-state index in [9.17, 15) is 9.59 Å². The lowest BCUT2D eigenvalue weighted by Gasteiger charge is -2.57. The fourth-order valence-corrected chi connectivity index (χ4v) is 6.98. The van der Waals surface area contributed by atoms with Crippen LogP contribution in [0.4, 0.5) is 0 Å². The molecule has 33 heavy (non-hydrogen) atoms. The highest BCUT2D eigenvalue weighted by molar-refractivity contribution is 5.94. The average Bonchev–Trinajstić information content (AvgIpc) is 2.85. The molecule has 5 rings (SSSR count). The Balaban J connectivity index is 1.33. The summed E-state index contributed by atoms with van der Waals surface area (Å²) in [4.78, 5) is 33.4. The first-order valence-corrected chi connectivity index (χ1v) is 13.1. The quantitative estimate of drug-likeness (QED) is 0.686. The molecular weight excluding hydrogens is 414 g/mol. The first-order chi connectivity index (χ1) is 16.1. The molecule has 6 heteroatoms. The van der Waals surface area contributed by atoms with Gasteiger partial charge in [-0.05, 0) is 82.5 Å². The molecule has 4 atom stereocenters. The summed E-state index contributed by atoms with van der Waals surface area (Å²) in [6.07, 6.45) is 7.27. The Morgan fingerprint density at radius 2 is 1.85 bits per heavy atom. The molecule has 4 aliphatic heterocycles. The van der Waals surface area contributed by atoms with Crippen LogP contribution < -0.4 is 0 Å². The minimum absolute atomic E-state index is 0.185. The van der Waals surface area contributed by atoms with Crippen LogP contribution in [-0.2, 0) is 9.53 Å². The van der Waals surface area contributed by atoms with Crippen molar-refractivity contribution >= 4 is 11.8 Å². The number of benzene rings is 1. The SMILES string of the molecule is Cc1cccc(C(=O)N2C[C@@H]3CCCN4CCC[C@@H]([C@H]34)[C@H]2CCCC(=O)N2CCOCC2)c1. The van der Waals surface area contributed by atoms with E-state index in [1.165, 1.54) is 38.8 Å². The molecule has 180 valence electrons. The summed E-state index contributed by atoms with van der Waals surface area (Å²) in [6.45, 7) is 8.06. The van der Waals surface area contributed by atoms with Gasteiger partial charge in [-0.25, -0.2) is 0 Å². The molecule has 6 nitrogen and oxygen atoms in total. The third-order valence-electron chi connectivity index (χ3n) is 8.45. The zero-order valence-electron chi connectivity index (χ0n) is 20.1. The van der Waals surface area contributed by atoms with E-state index < -0.39 is 0 Å². The molecule has 4 aliphatic rings. The molecule has 0 aromatic heterocycles. The van der Waals surface area contributed by atoms with E-state index in [4.69, 9.17) is 4.74 Å². The van der Waals surface area contributed by atoms with Gasteiger partial charge >= 0.3 is 0 Å². The molecule has 0 radical (unpaired) electrons. The number of likely N-dealkylation sites (tertiary alicyclic amines) is 1. The highest BCUT2D eigenvalue weighted by atomic mass is 16.5. The largest absolute Gasteiger partial charge is 0.378 e. The van der Waals surface area contributed by atoms with Gasteiger partial charge in [0, 0.05) is 43.7 Å². The Morgan fingerprint density at radius 1 is 1.06 bits per heavy atom. The molecular formula is C27H39N3O3. The van der Waals surface area contributed by atoms with Gasteiger partial charge in [-0.2, -0.15) is 0 Å². The standard InChI is InChI=1S/C27H39N3O3/c1-20-6-2-7-21(18-20)27(32)30-19-22-8-4-12-29-13-5-9-23(26(22)29)24(30)10-3-11-25(31)28-14-16-33-17-15-28/h2,6-7,18,22-24,26H,3-5,8-17,19H2,1H3/t22-,23+,24+,26-/m0/s1. The Hall–Kier alpha value is -1.92. The van der Waals surface area contributed by atoms with Gasteiger partial charge < -0.3 is 14.5 Å². The zero-order chi connectivity index (χ0) is 22.8. The van der Waals surface area contributed by atoms with Crippen molar-refractivity contribution in [3.63, 3.8) is 0 Å². The molecule has 0 unspecified atom stereocenters. The second kappa shape index (κ2) is 10.1. The number of amides is 2. The Labute approximate surface area is 198 Å². The van der Waals surface area contributed by atoms with Gasteiger partial charge in [0.15, 0.2) is 0 Å². The van der Waals surface area contributed by atoms with Crippen LogP contribution in [0.3, 0.4) is 0 Å². The van der Waals surface area contributed by atoms with Crippen molar-refractivity contribution in [2.24, 2.45) is 11.8 Å². The molecule has 4 fully saturated rings. The van der Waals surface area contributed by atoms with Crippen molar-refractivity contribution in [1.29, 1.82) is 0 Å². The van der Waals surface area contributed by atoms with Gasteiger partial charge in [0.2, 0.25) is 5.91 Å². The summed E-state index contributed by atoms with van der Waals surface area (Å²) in [6, 6.07) is 8.90. The predicted octanol–water partition coefficient (Wildman–Crippen LogP) is 3.34. The predicted molar refractivity (Wildman–Crippen MR) is 128 cm³/mol. The normalized spacial score (nSPS) is 30.1. The van der Waals surface area contributed by atoms with Crippen molar-refractivity contribution in [3.8, 4) is 0 Å². The van der Waals surface area contributed by atoms with E-state index >= 15 is 0 Å². The van der Waals surface area contributed by atoms with Crippen molar-refractivity contribution in [3.05, 3.63) is 35.4 Å². The summed E-state index contributed by atoms with van der Waals surface area (Å²) < 4.78 is 5.39. The van der Waals surface area contributed by atoms with E-state index in [2.05, 4.69) is 22.8 Å². The minimum atomic E-state index is 0.185. The number of hydrogen-bond acceptors (Lipinski definition) is 4. The summed E-state index contributed by atoms with van der Waals surface area (Å²) in [5, 5.41) is 0. The summed E-state index contributed by atoms with van der Waals surface area (Å²) in [5.41, 5.74) is 1.94. The molecule has 0 saturated carbocycles. The molecule has 0 spiro atoms. The number of ether oxygens (including phenoxy) is 1. The van der Waals surface area contributed by atoms with Crippen LogP contribution in [0.15, 0.2) is 24.3 Å². The lowest BCUT2D eigenvalue weighted by atomic mass is 9.69. The van der Waals surface area contributed by atoms with E-state index in [0.717, 1.165) is 30.5 Å². The molecule has 4 saturated heterocycles. The molecule has 0 bridgehead atoms. The summed E-state index contributed by atoms with van der Waals surface area (Å²) in [7, 11) is 0. The maximum absolute atomic E-state index is 13.8. The molecule has 1 aromatic carbocycles. The first kappa shape index (κ1) is 22.9. The number of carbonyl (C=O) groups is 2.